The summed E-state index contributed by atoms with van der Waals surface area (Å²) in [7, 11) is 0. The fraction of sp³-hybridized carbons (Fsp3) is 0.286. The number of aryl methyl sites for hydroxylation is 1. The van der Waals surface area contributed by atoms with Crippen LogP contribution in [-0.4, -0.2) is 16.8 Å². The van der Waals surface area contributed by atoms with Crippen LogP contribution in [0.3, 0.4) is 0 Å². The number of benzene rings is 1. The van der Waals surface area contributed by atoms with Gasteiger partial charge in [-0.1, -0.05) is 32.0 Å². The van der Waals surface area contributed by atoms with Gasteiger partial charge in [0.2, 0.25) is 5.91 Å². The van der Waals surface area contributed by atoms with Gasteiger partial charge in [0.05, 0.1) is 10.6 Å². The van der Waals surface area contributed by atoms with E-state index in [-0.39, 0.29) is 11.8 Å². The lowest BCUT2D eigenvalue weighted by Gasteiger charge is -2.09. The number of carbonyl (C=O) groups excluding carboxylic acids is 2. The number of amides is 2. The summed E-state index contributed by atoms with van der Waals surface area (Å²) >= 11 is 3.02. The Labute approximate surface area is 172 Å². The molecule has 2 heterocycles. The van der Waals surface area contributed by atoms with Crippen LogP contribution in [0.25, 0.3) is 9.88 Å². The number of anilines is 1. The molecule has 5 nitrogen and oxygen atoms in total. The summed E-state index contributed by atoms with van der Waals surface area (Å²) in [5.74, 6) is 0.175. The maximum Gasteiger partial charge on any atom is 0.263 e. The molecule has 0 bridgehead atoms. The molecule has 0 saturated heterocycles. The highest BCUT2D eigenvalue weighted by Crippen LogP contribution is 2.31. The number of thiazole rings is 1. The monoisotopic (exact) mass is 413 g/mol. The van der Waals surface area contributed by atoms with Crippen molar-refractivity contribution in [2.45, 2.75) is 33.7 Å². The van der Waals surface area contributed by atoms with Crippen LogP contribution in [0.5, 0.6) is 0 Å². The summed E-state index contributed by atoms with van der Waals surface area (Å²) in [5, 5.41) is 8.72. The number of thiophene rings is 1. The van der Waals surface area contributed by atoms with E-state index in [0.717, 1.165) is 26.8 Å². The van der Waals surface area contributed by atoms with Crippen LogP contribution in [-0.2, 0) is 11.3 Å². The van der Waals surface area contributed by atoms with Crippen molar-refractivity contribution in [3.05, 3.63) is 57.9 Å². The highest BCUT2D eigenvalue weighted by molar-refractivity contribution is 7.22. The van der Waals surface area contributed by atoms with Gasteiger partial charge in [0, 0.05) is 18.7 Å². The summed E-state index contributed by atoms with van der Waals surface area (Å²) in [6, 6.07) is 11.5. The highest BCUT2D eigenvalue weighted by atomic mass is 32.1. The summed E-state index contributed by atoms with van der Waals surface area (Å²) in [5.41, 5.74) is 2.41. The second-order valence-corrected chi connectivity index (χ2v) is 8.89. The van der Waals surface area contributed by atoms with Gasteiger partial charge in [0.1, 0.15) is 9.88 Å². The summed E-state index contributed by atoms with van der Waals surface area (Å²) in [6.07, 6.45) is 0.484. The molecular formula is C21H23N3O2S2. The van der Waals surface area contributed by atoms with Crippen LogP contribution in [0.15, 0.2) is 41.8 Å². The second kappa shape index (κ2) is 9.12. The number of carbonyl (C=O) groups is 2. The molecule has 1 aromatic carbocycles. The molecular weight excluding hydrogens is 390 g/mol. The second-order valence-electron chi connectivity index (χ2n) is 6.94. The first-order chi connectivity index (χ1) is 13.4. The fourth-order valence-corrected chi connectivity index (χ4v) is 4.50. The zero-order valence-corrected chi connectivity index (χ0v) is 17.7. The van der Waals surface area contributed by atoms with Crippen molar-refractivity contribution in [1.29, 1.82) is 0 Å². The Bertz CT molecular complexity index is 962. The Morgan fingerprint density at radius 2 is 2.00 bits per heavy atom. The minimum atomic E-state index is -0.132. The normalized spacial score (nSPS) is 10.9. The molecule has 0 radical (unpaired) electrons. The number of hydrogen-bond acceptors (Lipinski definition) is 5. The average Bonchev–Trinajstić information content (AvgIpc) is 3.28. The summed E-state index contributed by atoms with van der Waals surface area (Å²) < 4.78 is 0. The SMILES string of the molecule is Cc1nc(-c2cccs2)sc1C(=O)NCc1cccc(NC(=O)CC(C)C)c1. The van der Waals surface area contributed by atoms with Crippen molar-refractivity contribution in [1.82, 2.24) is 10.3 Å². The van der Waals surface area contributed by atoms with E-state index in [1.165, 1.54) is 11.3 Å². The van der Waals surface area contributed by atoms with E-state index < -0.39 is 0 Å². The minimum absolute atomic E-state index is 0.00224. The Morgan fingerprint density at radius 3 is 2.71 bits per heavy atom. The molecule has 2 aromatic heterocycles. The third kappa shape index (κ3) is 5.27. The minimum Gasteiger partial charge on any atom is -0.347 e. The van der Waals surface area contributed by atoms with Gasteiger partial charge in [-0.15, -0.1) is 22.7 Å². The van der Waals surface area contributed by atoms with Gasteiger partial charge >= 0.3 is 0 Å². The van der Waals surface area contributed by atoms with E-state index in [9.17, 15) is 9.59 Å². The van der Waals surface area contributed by atoms with Gasteiger partial charge in [0.25, 0.3) is 5.91 Å². The molecule has 0 spiro atoms. The smallest absolute Gasteiger partial charge is 0.263 e. The molecule has 2 N–H and O–H groups in total. The molecule has 3 aromatic rings. The van der Waals surface area contributed by atoms with Crippen LogP contribution in [0.1, 0.15) is 41.2 Å². The fourth-order valence-electron chi connectivity index (χ4n) is 2.72. The first-order valence-corrected chi connectivity index (χ1v) is 10.8. The quantitative estimate of drug-likeness (QED) is 0.566. The zero-order chi connectivity index (χ0) is 20.1. The molecule has 0 fully saturated rings. The lowest BCUT2D eigenvalue weighted by atomic mass is 10.1. The van der Waals surface area contributed by atoms with E-state index >= 15 is 0 Å². The average molecular weight is 414 g/mol. The van der Waals surface area contributed by atoms with Gasteiger partial charge < -0.3 is 10.6 Å². The molecule has 0 unspecified atom stereocenters. The van der Waals surface area contributed by atoms with E-state index in [2.05, 4.69) is 15.6 Å². The molecule has 146 valence electrons. The van der Waals surface area contributed by atoms with Crippen molar-refractivity contribution in [3.8, 4) is 9.88 Å². The standard InChI is InChI=1S/C21H23N3O2S2/c1-13(2)10-18(25)24-16-7-4-6-15(11-16)12-22-20(26)19-14(3)23-21(28-19)17-8-5-9-27-17/h4-9,11,13H,10,12H2,1-3H3,(H,22,26)(H,24,25). The van der Waals surface area contributed by atoms with Crippen LogP contribution in [0.2, 0.25) is 0 Å². The molecule has 28 heavy (non-hydrogen) atoms. The van der Waals surface area contributed by atoms with Crippen molar-refractivity contribution in [2.24, 2.45) is 5.92 Å². The van der Waals surface area contributed by atoms with Crippen molar-refractivity contribution < 1.29 is 9.59 Å². The maximum atomic E-state index is 12.6. The molecule has 0 aliphatic rings. The van der Waals surface area contributed by atoms with Gasteiger partial charge in [-0.05, 0) is 42.0 Å². The van der Waals surface area contributed by atoms with Gasteiger partial charge in [-0.25, -0.2) is 4.98 Å². The lowest BCUT2D eigenvalue weighted by molar-refractivity contribution is -0.116. The predicted molar refractivity (Wildman–Crippen MR) is 116 cm³/mol. The number of aromatic nitrogens is 1. The van der Waals surface area contributed by atoms with Gasteiger partial charge in [-0.3, -0.25) is 9.59 Å². The molecule has 0 aliphatic heterocycles. The highest BCUT2D eigenvalue weighted by Gasteiger charge is 2.16. The largest absolute Gasteiger partial charge is 0.347 e. The molecule has 0 saturated carbocycles. The Kier molecular flexibility index (Phi) is 6.59. The number of nitrogens with zero attached hydrogens (tertiary/aromatic N) is 1. The third-order valence-corrected chi connectivity index (χ3v) is 6.19. The van der Waals surface area contributed by atoms with Crippen LogP contribution in [0.4, 0.5) is 5.69 Å². The van der Waals surface area contributed by atoms with Crippen LogP contribution >= 0.6 is 22.7 Å². The van der Waals surface area contributed by atoms with E-state index in [0.29, 0.717) is 23.8 Å². The van der Waals surface area contributed by atoms with E-state index in [1.807, 2.05) is 62.5 Å². The van der Waals surface area contributed by atoms with Crippen molar-refractivity contribution in [2.75, 3.05) is 5.32 Å². The van der Waals surface area contributed by atoms with Crippen molar-refractivity contribution in [3.63, 3.8) is 0 Å². The Hall–Kier alpha value is -2.51. The first-order valence-electron chi connectivity index (χ1n) is 9.10. The van der Waals surface area contributed by atoms with Gasteiger partial charge in [-0.2, -0.15) is 0 Å². The van der Waals surface area contributed by atoms with E-state index in [4.69, 9.17) is 0 Å². The molecule has 3 rings (SSSR count). The van der Waals surface area contributed by atoms with Crippen molar-refractivity contribution >= 4 is 40.2 Å². The first kappa shape index (κ1) is 20.2. The Balaban J connectivity index is 1.62. The van der Waals surface area contributed by atoms with Crippen LogP contribution < -0.4 is 10.6 Å². The molecule has 0 atom stereocenters. The zero-order valence-electron chi connectivity index (χ0n) is 16.1. The Morgan fingerprint density at radius 1 is 1.18 bits per heavy atom. The predicted octanol–water partition coefficient (Wildman–Crippen LogP) is 5.09. The number of rotatable bonds is 7. The van der Waals surface area contributed by atoms with Gasteiger partial charge in [0.15, 0.2) is 0 Å². The van der Waals surface area contributed by atoms with Crippen LogP contribution in [0, 0.1) is 12.8 Å². The summed E-state index contributed by atoms with van der Waals surface area (Å²) in [4.78, 5) is 30.8. The molecule has 7 heteroatoms. The number of hydrogen-bond donors (Lipinski definition) is 2. The topological polar surface area (TPSA) is 71.1 Å². The molecule has 0 aliphatic carbocycles. The van der Waals surface area contributed by atoms with E-state index in [1.54, 1.807) is 11.3 Å². The maximum absolute atomic E-state index is 12.6. The summed E-state index contributed by atoms with van der Waals surface area (Å²) in [6.45, 7) is 6.26. The lowest BCUT2D eigenvalue weighted by Crippen LogP contribution is -2.22. The third-order valence-electron chi connectivity index (χ3n) is 3.99. The number of nitrogens with one attached hydrogen (secondary N) is 2. The molecule has 2 amide bonds.